The minimum Gasteiger partial charge on any atom is -0.332 e. The van der Waals surface area contributed by atoms with Gasteiger partial charge in [0.05, 0.1) is 17.3 Å². The molecule has 0 spiro atoms. The van der Waals surface area contributed by atoms with Crippen molar-refractivity contribution in [3.63, 3.8) is 0 Å². The summed E-state index contributed by atoms with van der Waals surface area (Å²) in [5.41, 5.74) is 4.61. The first-order valence-electron chi connectivity index (χ1n) is 8.17. The van der Waals surface area contributed by atoms with Crippen molar-refractivity contribution < 1.29 is 0 Å². The number of rotatable bonds is 1. The second kappa shape index (κ2) is 6.07. The SMILES string of the molecule is Cc1nc2c(n1C)C=Cc1cc(Cl)ccc1C2c1cn(C)c(=O)[nH]c1=S. The van der Waals surface area contributed by atoms with Crippen molar-refractivity contribution >= 4 is 36.0 Å². The molecule has 1 atom stereocenters. The molecule has 7 heteroatoms. The van der Waals surface area contributed by atoms with E-state index in [0.29, 0.717) is 9.66 Å². The molecule has 0 saturated carbocycles. The Bertz CT molecular complexity index is 1190. The Morgan fingerprint density at radius 2 is 2.00 bits per heavy atom. The van der Waals surface area contributed by atoms with Crippen molar-refractivity contribution in [1.29, 1.82) is 0 Å². The standard InChI is InChI=1S/C19H17ClN4OS/c1-10-21-17-15(24(10)3)7-4-11-8-12(20)5-6-13(11)16(17)14-9-23(2)19(25)22-18(14)26/h4-9,16H,1-3H3,(H,22,25,26). The van der Waals surface area contributed by atoms with Crippen LogP contribution in [0, 0.1) is 11.6 Å². The summed E-state index contributed by atoms with van der Waals surface area (Å²) in [6.07, 6.45) is 5.90. The molecule has 0 fully saturated rings. The lowest BCUT2D eigenvalue weighted by Crippen LogP contribution is -2.22. The second-order valence-corrected chi connectivity index (χ2v) is 7.33. The fourth-order valence-electron chi connectivity index (χ4n) is 3.44. The maximum absolute atomic E-state index is 11.9. The van der Waals surface area contributed by atoms with Crippen LogP contribution < -0.4 is 5.69 Å². The molecule has 1 aromatic carbocycles. The van der Waals surface area contributed by atoms with Crippen LogP contribution in [0.3, 0.4) is 0 Å². The van der Waals surface area contributed by atoms with E-state index in [0.717, 1.165) is 33.9 Å². The van der Waals surface area contributed by atoms with Gasteiger partial charge in [-0.15, -0.1) is 0 Å². The molecule has 0 bridgehead atoms. The molecule has 5 nitrogen and oxygen atoms in total. The number of benzene rings is 1. The number of H-pyrrole nitrogens is 1. The Morgan fingerprint density at radius 1 is 1.23 bits per heavy atom. The summed E-state index contributed by atoms with van der Waals surface area (Å²) in [7, 11) is 3.70. The lowest BCUT2D eigenvalue weighted by Gasteiger charge is -2.19. The van der Waals surface area contributed by atoms with Crippen molar-refractivity contribution in [3.8, 4) is 0 Å². The van der Waals surface area contributed by atoms with E-state index >= 15 is 0 Å². The molecule has 1 aliphatic rings. The predicted molar refractivity (Wildman–Crippen MR) is 106 cm³/mol. The Hall–Kier alpha value is -2.44. The highest BCUT2D eigenvalue weighted by Crippen LogP contribution is 2.39. The van der Waals surface area contributed by atoms with Gasteiger partial charge in [0.15, 0.2) is 0 Å². The van der Waals surface area contributed by atoms with Gasteiger partial charge in [-0.25, -0.2) is 9.78 Å². The van der Waals surface area contributed by atoms with Gasteiger partial charge in [-0.2, -0.15) is 0 Å². The fourth-order valence-corrected chi connectivity index (χ4v) is 3.87. The molecule has 0 aliphatic heterocycles. The highest BCUT2D eigenvalue weighted by Gasteiger charge is 2.29. The maximum Gasteiger partial charge on any atom is 0.326 e. The molecule has 2 heterocycles. The van der Waals surface area contributed by atoms with Crippen LogP contribution >= 0.6 is 23.8 Å². The summed E-state index contributed by atoms with van der Waals surface area (Å²) in [5.74, 6) is 0.726. The van der Waals surface area contributed by atoms with E-state index in [2.05, 4.69) is 21.7 Å². The first kappa shape index (κ1) is 17.0. The van der Waals surface area contributed by atoms with Crippen LogP contribution in [0.15, 0.2) is 29.2 Å². The highest BCUT2D eigenvalue weighted by atomic mass is 35.5. The quantitative estimate of drug-likeness (QED) is 0.508. The third-order valence-corrected chi connectivity index (χ3v) is 5.47. The molecule has 132 valence electrons. The summed E-state index contributed by atoms with van der Waals surface area (Å²) in [6.45, 7) is 1.98. The van der Waals surface area contributed by atoms with E-state index < -0.39 is 0 Å². The Labute approximate surface area is 160 Å². The number of aromatic nitrogens is 4. The third-order valence-electron chi connectivity index (χ3n) is 4.89. The van der Waals surface area contributed by atoms with Gasteiger partial charge >= 0.3 is 5.69 Å². The van der Waals surface area contributed by atoms with Crippen LogP contribution in [-0.2, 0) is 14.1 Å². The largest absolute Gasteiger partial charge is 0.332 e. The predicted octanol–water partition coefficient (Wildman–Crippen LogP) is 3.80. The average molecular weight is 385 g/mol. The molecule has 1 N–H and O–H groups in total. The third kappa shape index (κ3) is 2.57. The van der Waals surface area contributed by atoms with Gasteiger partial charge in [0.25, 0.3) is 0 Å². The Kier molecular flexibility index (Phi) is 3.97. The molecule has 2 aromatic heterocycles. The minimum absolute atomic E-state index is 0.192. The highest BCUT2D eigenvalue weighted by molar-refractivity contribution is 7.71. The zero-order valence-corrected chi connectivity index (χ0v) is 16.1. The van der Waals surface area contributed by atoms with Gasteiger partial charge in [0, 0.05) is 30.9 Å². The van der Waals surface area contributed by atoms with Crippen molar-refractivity contribution in [2.24, 2.45) is 14.1 Å². The van der Waals surface area contributed by atoms with Gasteiger partial charge in [-0.1, -0.05) is 36.0 Å². The van der Waals surface area contributed by atoms with Gasteiger partial charge in [-0.3, -0.25) is 4.98 Å². The van der Waals surface area contributed by atoms with Gasteiger partial charge in [0.1, 0.15) is 10.5 Å². The van der Waals surface area contributed by atoms with Crippen molar-refractivity contribution in [3.05, 3.63) is 78.4 Å². The summed E-state index contributed by atoms with van der Waals surface area (Å²) >= 11 is 11.7. The smallest absolute Gasteiger partial charge is 0.326 e. The first-order chi connectivity index (χ1) is 12.4. The van der Waals surface area contributed by atoms with Crippen LogP contribution in [-0.4, -0.2) is 19.1 Å². The van der Waals surface area contributed by atoms with Gasteiger partial charge < -0.3 is 9.13 Å². The van der Waals surface area contributed by atoms with Crippen molar-refractivity contribution in [2.45, 2.75) is 12.8 Å². The topological polar surface area (TPSA) is 55.6 Å². The number of halogens is 1. The van der Waals surface area contributed by atoms with E-state index in [4.69, 9.17) is 28.8 Å². The summed E-state index contributed by atoms with van der Waals surface area (Å²) in [5, 5.41) is 0.674. The molecule has 4 rings (SSSR count). The summed E-state index contributed by atoms with van der Waals surface area (Å²) in [6, 6.07) is 5.82. The van der Waals surface area contributed by atoms with E-state index in [1.54, 1.807) is 13.2 Å². The number of fused-ring (bicyclic) bond motifs is 2. The number of hydrogen-bond donors (Lipinski definition) is 1. The number of nitrogens with zero attached hydrogens (tertiary/aromatic N) is 3. The summed E-state index contributed by atoms with van der Waals surface area (Å²) in [4.78, 5) is 19.5. The van der Waals surface area contributed by atoms with Crippen LogP contribution in [0.2, 0.25) is 5.02 Å². The number of hydrogen-bond acceptors (Lipinski definition) is 3. The van der Waals surface area contributed by atoms with E-state index in [1.807, 2.05) is 32.2 Å². The lowest BCUT2D eigenvalue weighted by atomic mass is 9.87. The second-order valence-electron chi connectivity index (χ2n) is 6.48. The first-order valence-corrected chi connectivity index (χ1v) is 8.96. The van der Waals surface area contributed by atoms with E-state index in [-0.39, 0.29) is 11.6 Å². The molecular weight excluding hydrogens is 368 g/mol. The fraction of sp³-hybridized carbons (Fsp3) is 0.211. The zero-order chi connectivity index (χ0) is 18.6. The van der Waals surface area contributed by atoms with Crippen LogP contribution in [0.1, 0.15) is 39.8 Å². The molecular formula is C19H17ClN4OS. The molecule has 26 heavy (non-hydrogen) atoms. The Balaban J connectivity index is 2.10. The lowest BCUT2D eigenvalue weighted by molar-refractivity contribution is 0.769. The number of aryl methyl sites for hydroxylation is 2. The maximum atomic E-state index is 11.9. The molecule has 0 radical (unpaired) electrons. The molecule has 0 amide bonds. The number of imidazole rings is 1. The average Bonchev–Trinajstić information content (AvgIpc) is 2.77. The van der Waals surface area contributed by atoms with Crippen LogP contribution in [0.5, 0.6) is 0 Å². The van der Waals surface area contributed by atoms with Gasteiger partial charge in [0.2, 0.25) is 0 Å². The number of aromatic amines is 1. The Morgan fingerprint density at radius 3 is 2.77 bits per heavy atom. The molecule has 1 unspecified atom stereocenters. The van der Waals surface area contributed by atoms with E-state index in [9.17, 15) is 4.79 Å². The van der Waals surface area contributed by atoms with E-state index in [1.165, 1.54) is 4.57 Å². The van der Waals surface area contributed by atoms with Crippen molar-refractivity contribution in [2.75, 3.05) is 0 Å². The van der Waals surface area contributed by atoms with Crippen LogP contribution in [0.25, 0.3) is 12.2 Å². The minimum atomic E-state index is -0.237. The number of nitrogens with one attached hydrogen (secondary N) is 1. The zero-order valence-electron chi connectivity index (χ0n) is 14.6. The molecule has 3 aromatic rings. The normalized spacial score (nSPS) is 15.5. The molecule has 0 saturated heterocycles. The molecule has 1 aliphatic carbocycles. The van der Waals surface area contributed by atoms with Crippen molar-refractivity contribution in [1.82, 2.24) is 19.1 Å². The van der Waals surface area contributed by atoms with Crippen LogP contribution in [0.4, 0.5) is 0 Å². The monoisotopic (exact) mass is 384 g/mol. The van der Waals surface area contributed by atoms with Gasteiger partial charge in [-0.05, 0) is 36.3 Å². The summed E-state index contributed by atoms with van der Waals surface area (Å²) < 4.78 is 3.99.